The number of aromatic amines is 2. The summed E-state index contributed by atoms with van der Waals surface area (Å²) >= 11 is 0. The first-order valence-corrected chi connectivity index (χ1v) is 38.2. The van der Waals surface area contributed by atoms with Crippen LogP contribution in [-0.2, 0) is 37.9 Å². The van der Waals surface area contributed by atoms with Gasteiger partial charge in [-0.2, -0.15) is 91.3 Å². The molecule has 1 aliphatic carbocycles. The average molecular weight is 1660 g/mol. The van der Waals surface area contributed by atoms with E-state index in [0.29, 0.717) is 61.3 Å². The van der Waals surface area contributed by atoms with E-state index in [4.69, 9.17) is 0 Å². The molecule has 5 aromatic heterocycles. The third-order valence-electron chi connectivity index (χ3n) is 19.9. The van der Waals surface area contributed by atoms with E-state index in [1.54, 1.807) is 173 Å². The van der Waals surface area contributed by atoms with Crippen LogP contribution in [0.15, 0.2) is 152 Å². The summed E-state index contributed by atoms with van der Waals surface area (Å²) in [6.07, 6.45) is -9.36. The summed E-state index contributed by atoms with van der Waals surface area (Å²) in [6.45, 7) is 7.70. The second-order valence-corrected chi connectivity index (χ2v) is 29.5. The number of rotatable bonds is 12. The van der Waals surface area contributed by atoms with Crippen LogP contribution in [0, 0.1) is 0 Å². The van der Waals surface area contributed by atoms with Gasteiger partial charge in [0.15, 0.2) is 5.69 Å². The molecule has 630 valence electrons. The Labute approximate surface area is 670 Å². The Balaban J connectivity index is 0.000000155. The zero-order valence-corrected chi connectivity index (χ0v) is 65.5. The number of H-pyrrole nitrogens is 2. The Morgan fingerprint density at radius 3 is 1.14 bits per heavy atom. The number of aryl methyl sites for hydroxylation is 1. The topological polar surface area (TPSA) is 212 Å². The van der Waals surface area contributed by atoms with Gasteiger partial charge in [0, 0.05) is 136 Å². The minimum absolute atomic E-state index is 0.0284. The predicted octanol–water partition coefficient (Wildman–Crippen LogP) is 19.4. The molecule has 4 fully saturated rings. The maximum Gasteiger partial charge on any atom is 0.435 e. The molecule has 1 saturated carbocycles. The highest BCUT2D eigenvalue weighted by Gasteiger charge is 2.40. The molecule has 8 heterocycles. The number of nitrogens with zero attached hydrogens (tertiary/aromatic N) is 13. The smallest absolute Gasteiger partial charge is 0.345 e. The van der Waals surface area contributed by atoms with Crippen LogP contribution in [-0.4, -0.2) is 171 Å². The van der Waals surface area contributed by atoms with E-state index in [1.807, 2.05) is 15.1 Å². The van der Waals surface area contributed by atoms with Crippen LogP contribution in [0.3, 0.4) is 0 Å². The second kappa shape index (κ2) is 37.8. The molecule has 0 atom stereocenters. The molecule has 0 unspecified atom stereocenters. The number of carbonyl (C=O) groups excluding carboxylic acids is 5. The fourth-order valence-electron chi connectivity index (χ4n) is 13.8. The quantitative estimate of drug-likeness (QED) is 0.110. The molecule has 0 bridgehead atoms. The Bertz CT molecular complexity index is 5080. The zero-order valence-electron chi connectivity index (χ0n) is 65.5. The van der Waals surface area contributed by atoms with Gasteiger partial charge in [0.1, 0.15) is 22.8 Å². The van der Waals surface area contributed by atoms with Gasteiger partial charge in [-0.05, 0) is 175 Å². The van der Waals surface area contributed by atoms with Crippen molar-refractivity contribution in [3.8, 4) is 56.3 Å². The van der Waals surface area contributed by atoms with Crippen LogP contribution >= 0.6 is 0 Å². The Morgan fingerprint density at radius 1 is 0.381 bits per heavy atom. The second-order valence-electron chi connectivity index (χ2n) is 29.5. The highest BCUT2D eigenvalue weighted by molar-refractivity contribution is 5.98. The molecular weight excluding hydrogens is 1570 g/mol. The van der Waals surface area contributed by atoms with Crippen molar-refractivity contribution < 1.29 is 89.8 Å². The van der Waals surface area contributed by atoms with Gasteiger partial charge in [-0.15, -0.1) is 0 Å². The lowest BCUT2D eigenvalue weighted by molar-refractivity contribution is -0.145. The molecule has 3 aliphatic heterocycles. The molecule has 10 aromatic rings. The molecule has 3 saturated heterocycles. The van der Waals surface area contributed by atoms with Gasteiger partial charge in [0.25, 0.3) is 29.5 Å². The van der Waals surface area contributed by atoms with Crippen molar-refractivity contribution in [2.24, 2.45) is 7.05 Å². The molecule has 4 aliphatic rings. The number of aromatic nitrogens is 10. The minimum atomic E-state index is -4.49. The number of halogens is 15. The highest BCUT2D eigenvalue weighted by atomic mass is 19.4. The van der Waals surface area contributed by atoms with Crippen LogP contribution in [0.4, 0.5) is 65.9 Å². The van der Waals surface area contributed by atoms with Crippen molar-refractivity contribution in [1.29, 1.82) is 0 Å². The summed E-state index contributed by atoms with van der Waals surface area (Å²) in [7, 11) is 7.77. The van der Waals surface area contributed by atoms with Gasteiger partial charge < -0.3 is 24.5 Å². The molecular formula is C83H88F15N15O5. The highest BCUT2D eigenvalue weighted by Crippen LogP contribution is 2.40. The number of likely N-dealkylation sites (tertiary alicyclic amines) is 3. The molecule has 14 rings (SSSR count). The summed E-state index contributed by atoms with van der Waals surface area (Å²) in [5.41, 5.74) is 1.80. The molecule has 118 heavy (non-hydrogen) atoms. The van der Waals surface area contributed by atoms with E-state index in [-0.39, 0.29) is 58.4 Å². The largest absolute Gasteiger partial charge is 0.435 e. The molecule has 2 N–H and O–H groups in total. The van der Waals surface area contributed by atoms with Gasteiger partial charge in [-0.1, -0.05) is 73.5 Å². The average Bonchev–Trinajstić information content (AvgIpc) is 1.64. The fraction of sp³-hybridized carbons (Fsp3) is 0.398. The lowest BCUT2D eigenvalue weighted by atomic mass is 10.1. The van der Waals surface area contributed by atoms with Crippen LogP contribution < -0.4 is 0 Å². The number of nitrogens with one attached hydrogen (secondary N) is 2. The third kappa shape index (κ3) is 22.8. The molecule has 0 spiro atoms. The molecule has 0 radical (unpaired) electrons. The Kier molecular flexibility index (Phi) is 28.5. The van der Waals surface area contributed by atoms with E-state index in [0.717, 1.165) is 162 Å². The first kappa shape index (κ1) is 88.8. The minimum Gasteiger partial charge on any atom is -0.345 e. The van der Waals surface area contributed by atoms with E-state index in [9.17, 15) is 89.8 Å². The normalized spacial score (nSPS) is 14.9. The van der Waals surface area contributed by atoms with Crippen molar-refractivity contribution in [1.82, 2.24) is 74.2 Å². The Hall–Kier alpha value is -11.6. The fourth-order valence-corrected chi connectivity index (χ4v) is 13.8. The number of carbonyl (C=O) groups is 5. The summed E-state index contributed by atoms with van der Waals surface area (Å²) in [4.78, 5) is 69.7. The first-order valence-electron chi connectivity index (χ1n) is 38.2. The molecule has 20 nitrogen and oxygen atoms in total. The van der Waals surface area contributed by atoms with E-state index in [2.05, 4.69) is 25.5 Å². The predicted molar refractivity (Wildman–Crippen MR) is 410 cm³/mol. The van der Waals surface area contributed by atoms with Crippen molar-refractivity contribution in [3.05, 3.63) is 208 Å². The van der Waals surface area contributed by atoms with E-state index < -0.39 is 65.4 Å². The SMILES string of the molecule is CC(C)n1nc(-c2cccc(C(=O)N(C)C)c2)cc1C(F)(F)F.CN(C)C(=O)c1cccc(-c2cc(C(F)(F)F)nn2C2CCCC2)c1.Cn1nc(-c2cccc(C(=O)N3CCCCC3)c2)cc1C(F)(F)F.O=C(c1ccc(-c2cc(C(F)(F)F)[nH]n2)cc1)N1CCCCC1.O=C(c1cccc(-c2cc(C(F)(F)F)[nH]n2)c1)N1CCCCC1. The Morgan fingerprint density at radius 2 is 0.754 bits per heavy atom. The lowest BCUT2D eigenvalue weighted by Gasteiger charge is -2.26. The van der Waals surface area contributed by atoms with Crippen LogP contribution in [0.25, 0.3) is 56.3 Å². The molecule has 5 aromatic carbocycles. The van der Waals surface area contributed by atoms with Gasteiger partial charge in [0.2, 0.25) is 0 Å². The van der Waals surface area contributed by atoms with Crippen LogP contribution in [0.2, 0.25) is 0 Å². The lowest BCUT2D eigenvalue weighted by Crippen LogP contribution is -2.35. The summed E-state index contributed by atoms with van der Waals surface area (Å²) in [5, 5.41) is 23.2. The van der Waals surface area contributed by atoms with Crippen molar-refractivity contribution in [2.45, 2.75) is 140 Å². The summed E-state index contributed by atoms with van der Waals surface area (Å²) in [6, 6.07) is 37.4. The third-order valence-corrected chi connectivity index (χ3v) is 19.9. The first-order chi connectivity index (χ1) is 55.6. The van der Waals surface area contributed by atoms with Gasteiger partial charge >= 0.3 is 30.9 Å². The summed E-state index contributed by atoms with van der Waals surface area (Å²) in [5.74, 6) is -0.605. The maximum atomic E-state index is 13.2. The van der Waals surface area contributed by atoms with Gasteiger partial charge in [0.05, 0.1) is 34.5 Å². The molecule has 5 amide bonds. The van der Waals surface area contributed by atoms with Crippen LogP contribution in [0.5, 0.6) is 0 Å². The van der Waals surface area contributed by atoms with Crippen molar-refractivity contribution in [3.63, 3.8) is 0 Å². The van der Waals surface area contributed by atoms with Crippen molar-refractivity contribution >= 4 is 29.5 Å². The van der Waals surface area contributed by atoms with Crippen LogP contribution in [0.1, 0.15) is 190 Å². The van der Waals surface area contributed by atoms with E-state index >= 15 is 0 Å². The van der Waals surface area contributed by atoms with Gasteiger partial charge in [-0.25, -0.2) is 0 Å². The number of piperidine rings is 3. The standard InChI is InChI=1S/C18H20F3N3O.C17H18F3N3O.2C16H16F3N3O.C16H18F3N3O/c1-23(2)17(25)13-7-5-6-12(10-13)15-11-16(18(19,20)21)22-24(15)14-8-3-4-9-14;1-22-15(17(18,19)20)11-14(21-22)12-6-5-7-13(10-12)16(24)23-8-3-2-4-9-23;17-16(18,19)14-10-13(20-21-14)11-4-6-12(7-5-11)15(23)22-8-2-1-3-9-22;17-16(18,19)14-10-13(20-21-14)11-5-4-6-12(9-11)15(23)22-7-2-1-3-8-22;1-10(2)22-14(16(17,18)19)9-13(20-22)11-6-5-7-12(8-11)15(23)21(3)4/h5-7,10-11,14H,3-4,8-9H2,1-2H3;5-7,10-11H,2-4,8-9H2,1H3;4-7,10H,1-3,8-9H2,(H,20,21);4-6,9-10H,1-3,7-8H2,(H,20,21);5-10H,1-4H3. The van der Waals surface area contributed by atoms with E-state index in [1.165, 1.54) is 21.5 Å². The molecule has 35 heteroatoms. The maximum absolute atomic E-state index is 13.2. The monoisotopic (exact) mass is 1660 g/mol. The number of alkyl halides is 15. The zero-order chi connectivity index (χ0) is 85.8. The number of amides is 5. The number of hydrogen-bond acceptors (Lipinski definition) is 10. The van der Waals surface area contributed by atoms with Crippen molar-refractivity contribution in [2.75, 3.05) is 67.5 Å². The van der Waals surface area contributed by atoms with Gasteiger partial charge in [-0.3, -0.25) is 48.2 Å². The summed E-state index contributed by atoms with van der Waals surface area (Å²) < 4.78 is 196. The number of hydrogen-bond donors (Lipinski definition) is 2. The number of benzene rings is 5.